The molecule has 0 radical (unpaired) electrons. The highest BCUT2D eigenvalue weighted by Gasteiger charge is 2.42. The fourth-order valence-electron chi connectivity index (χ4n) is 3.39. The molecular weight excluding hydrogens is 396 g/mol. The molecule has 0 unspecified atom stereocenters. The van der Waals surface area contributed by atoms with Crippen LogP contribution in [-0.4, -0.2) is 46.2 Å². The number of methoxy groups -OCH3 is 1. The van der Waals surface area contributed by atoms with E-state index >= 15 is 0 Å². The van der Waals surface area contributed by atoms with Gasteiger partial charge in [0.15, 0.2) is 0 Å². The molecule has 0 aromatic carbocycles. The Hall–Kier alpha value is -3.04. The van der Waals surface area contributed by atoms with E-state index in [1.54, 1.807) is 13.3 Å². The summed E-state index contributed by atoms with van der Waals surface area (Å²) in [6, 6.07) is 7.04. The van der Waals surface area contributed by atoms with Gasteiger partial charge in [0.05, 0.1) is 10.6 Å². The first-order valence-corrected chi connectivity index (χ1v) is 9.41. The number of hydrogen-bond acceptors (Lipinski definition) is 8. The molecular formula is C19H19ClN6O3. The maximum atomic E-state index is 11.3. The van der Waals surface area contributed by atoms with E-state index in [4.69, 9.17) is 26.6 Å². The number of rotatable bonds is 5. The molecule has 9 nitrogen and oxygen atoms in total. The molecule has 1 fully saturated rings. The van der Waals surface area contributed by atoms with Gasteiger partial charge in [-0.2, -0.15) is 4.98 Å². The molecule has 2 N–H and O–H groups in total. The number of pyridine rings is 2. The third-order valence-electron chi connectivity index (χ3n) is 5.08. The average Bonchev–Trinajstić information content (AvgIpc) is 3.25. The van der Waals surface area contributed by atoms with Crippen LogP contribution in [0, 0.1) is 0 Å². The Morgan fingerprint density at radius 2 is 2.10 bits per heavy atom. The first kappa shape index (κ1) is 19.3. The van der Waals surface area contributed by atoms with Crippen LogP contribution in [0.15, 0.2) is 41.2 Å². The highest BCUT2D eigenvalue weighted by molar-refractivity contribution is 6.33. The summed E-state index contributed by atoms with van der Waals surface area (Å²) < 4.78 is 11.3. The van der Waals surface area contributed by atoms with E-state index < -0.39 is 11.5 Å². The third-order valence-corrected chi connectivity index (χ3v) is 5.36. The maximum Gasteiger partial charge on any atom is 0.259 e. The van der Waals surface area contributed by atoms with Crippen LogP contribution >= 0.6 is 11.6 Å². The van der Waals surface area contributed by atoms with Crippen LogP contribution < -0.4 is 10.6 Å². The molecule has 1 aliphatic rings. The summed E-state index contributed by atoms with van der Waals surface area (Å²) in [7, 11) is 1.63. The van der Waals surface area contributed by atoms with Gasteiger partial charge in [-0.1, -0.05) is 22.8 Å². The van der Waals surface area contributed by atoms with Gasteiger partial charge in [0.25, 0.3) is 5.89 Å². The Labute approximate surface area is 171 Å². The van der Waals surface area contributed by atoms with Crippen molar-refractivity contribution in [2.24, 2.45) is 5.73 Å². The number of carbonyl (C=O) groups is 1. The van der Waals surface area contributed by atoms with Crippen LogP contribution in [-0.2, 0) is 10.3 Å². The number of anilines is 1. The topological polar surface area (TPSA) is 120 Å². The lowest BCUT2D eigenvalue weighted by atomic mass is 9.91. The number of halogens is 1. The molecule has 0 atom stereocenters. The second kappa shape index (κ2) is 7.76. The fourth-order valence-corrected chi connectivity index (χ4v) is 3.68. The number of nitrogens with zero attached hydrogens (tertiary/aromatic N) is 5. The molecule has 0 spiro atoms. The lowest BCUT2D eigenvalue weighted by Gasteiger charge is -2.39. The summed E-state index contributed by atoms with van der Waals surface area (Å²) in [6.45, 7) is 1.22. The molecule has 0 aliphatic carbocycles. The molecule has 1 amide bonds. The number of carbonyl (C=O) groups excluding carboxylic acids is 1. The number of nitrogens with two attached hydrogens (primary N) is 1. The van der Waals surface area contributed by atoms with Gasteiger partial charge in [-0.3, -0.25) is 9.78 Å². The molecule has 1 saturated heterocycles. The van der Waals surface area contributed by atoms with Gasteiger partial charge in [-0.05, 0) is 18.2 Å². The lowest BCUT2D eigenvalue weighted by molar-refractivity contribution is -0.0582. The van der Waals surface area contributed by atoms with Gasteiger partial charge in [-0.25, -0.2) is 4.98 Å². The average molecular weight is 415 g/mol. The molecule has 0 saturated carbocycles. The number of piperidine rings is 1. The van der Waals surface area contributed by atoms with Gasteiger partial charge < -0.3 is 19.9 Å². The number of aromatic nitrogens is 4. The number of amides is 1. The second-order valence-corrected chi connectivity index (χ2v) is 7.12. The first-order chi connectivity index (χ1) is 14.0. The summed E-state index contributed by atoms with van der Waals surface area (Å²) in [4.78, 5) is 26.4. The van der Waals surface area contributed by atoms with Crippen LogP contribution in [0.5, 0.6) is 0 Å². The van der Waals surface area contributed by atoms with Gasteiger partial charge in [0.2, 0.25) is 11.7 Å². The normalized spacial score (nSPS) is 16.0. The summed E-state index contributed by atoms with van der Waals surface area (Å²) >= 11 is 6.31. The maximum absolute atomic E-state index is 11.3. The Kier molecular flexibility index (Phi) is 5.16. The molecule has 1 aliphatic heterocycles. The van der Waals surface area contributed by atoms with Crippen LogP contribution in [0.3, 0.4) is 0 Å². The molecule has 4 rings (SSSR count). The zero-order chi connectivity index (χ0) is 20.4. The monoisotopic (exact) mass is 414 g/mol. The van der Waals surface area contributed by atoms with Crippen molar-refractivity contribution in [2.75, 3.05) is 25.1 Å². The van der Waals surface area contributed by atoms with Gasteiger partial charge >= 0.3 is 0 Å². The smallest absolute Gasteiger partial charge is 0.259 e. The van der Waals surface area contributed by atoms with Gasteiger partial charge in [0.1, 0.15) is 17.1 Å². The van der Waals surface area contributed by atoms with E-state index in [1.807, 2.05) is 23.1 Å². The van der Waals surface area contributed by atoms with Crippen molar-refractivity contribution in [2.45, 2.75) is 18.4 Å². The summed E-state index contributed by atoms with van der Waals surface area (Å²) in [5.74, 6) is 0.874. The van der Waals surface area contributed by atoms with Gasteiger partial charge in [0, 0.05) is 45.4 Å². The number of primary amides is 1. The van der Waals surface area contributed by atoms with E-state index in [1.165, 1.54) is 12.3 Å². The summed E-state index contributed by atoms with van der Waals surface area (Å²) in [5, 5.41) is 4.43. The van der Waals surface area contributed by atoms with Crippen molar-refractivity contribution in [3.63, 3.8) is 0 Å². The van der Waals surface area contributed by atoms with E-state index in [9.17, 15) is 4.79 Å². The SMILES string of the molecule is COC1(c2nc(-c3ccccn3)no2)CCN(c2ncc(C(N)=O)cc2Cl)CC1. The molecule has 10 heteroatoms. The highest BCUT2D eigenvalue weighted by Crippen LogP contribution is 2.38. The predicted molar refractivity (Wildman–Crippen MR) is 105 cm³/mol. The Morgan fingerprint density at radius 1 is 1.31 bits per heavy atom. The minimum absolute atomic E-state index is 0.273. The quantitative estimate of drug-likeness (QED) is 0.675. The van der Waals surface area contributed by atoms with Crippen LogP contribution in [0.1, 0.15) is 29.1 Å². The number of hydrogen-bond donors (Lipinski definition) is 1. The van der Waals surface area contributed by atoms with Crippen molar-refractivity contribution < 1.29 is 14.1 Å². The zero-order valence-corrected chi connectivity index (χ0v) is 16.5. The van der Waals surface area contributed by atoms with E-state index in [0.717, 1.165) is 0 Å². The molecule has 150 valence electrons. The Balaban J connectivity index is 1.53. The Morgan fingerprint density at radius 3 is 2.72 bits per heavy atom. The van der Waals surface area contributed by atoms with Crippen molar-refractivity contribution in [3.8, 4) is 11.5 Å². The lowest BCUT2D eigenvalue weighted by Crippen LogP contribution is -2.44. The fraction of sp³-hybridized carbons (Fsp3) is 0.316. The standard InChI is InChI=1S/C19H19ClN6O3/c1-28-19(18-24-16(25-29-18)14-4-2-3-7-22-14)5-8-26(9-6-19)17-13(20)10-12(11-23-17)15(21)27/h2-4,7,10-11H,5-6,8-9H2,1H3,(H2,21,27). The van der Waals surface area contributed by atoms with E-state index in [-0.39, 0.29) is 5.56 Å². The van der Waals surface area contributed by atoms with Crippen LogP contribution in [0.25, 0.3) is 11.5 Å². The van der Waals surface area contributed by atoms with Gasteiger partial charge in [-0.15, -0.1) is 0 Å². The molecule has 29 heavy (non-hydrogen) atoms. The van der Waals surface area contributed by atoms with Crippen LogP contribution in [0.2, 0.25) is 5.02 Å². The molecule has 3 aromatic heterocycles. The zero-order valence-electron chi connectivity index (χ0n) is 15.7. The summed E-state index contributed by atoms with van der Waals surface area (Å²) in [5.41, 5.74) is 5.49. The first-order valence-electron chi connectivity index (χ1n) is 9.03. The molecule has 0 bridgehead atoms. The number of ether oxygens (including phenoxy) is 1. The largest absolute Gasteiger partial charge is 0.368 e. The summed E-state index contributed by atoms with van der Waals surface area (Å²) in [6.07, 6.45) is 4.31. The Bertz CT molecular complexity index is 1020. The second-order valence-electron chi connectivity index (χ2n) is 6.72. The highest BCUT2D eigenvalue weighted by atomic mass is 35.5. The van der Waals surface area contributed by atoms with E-state index in [2.05, 4.69) is 20.1 Å². The minimum Gasteiger partial charge on any atom is -0.368 e. The van der Waals surface area contributed by atoms with Crippen molar-refractivity contribution in [3.05, 3.63) is 53.1 Å². The molecule has 4 heterocycles. The van der Waals surface area contributed by atoms with Crippen molar-refractivity contribution in [1.82, 2.24) is 20.1 Å². The molecule has 3 aromatic rings. The van der Waals surface area contributed by atoms with E-state index in [0.29, 0.717) is 54.2 Å². The third kappa shape index (κ3) is 3.66. The minimum atomic E-state index is -0.698. The van der Waals surface area contributed by atoms with Crippen molar-refractivity contribution in [1.29, 1.82) is 0 Å². The van der Waals surface area contributed by atoms with Crippen LogP contribution in [0.4, 0.5) is 5.82 Å². The van der Waals surface area contributed by atoms with Crippen molar-refractivity contribution >= 4 is 23.3 Å². The predicted octanol–water partition coefficient (Wildman–Crippen LogP) is 2.42.